The second-order valence-corrected chi connectivity index (χ2v) is 9.83. The van der Waals surface area contributed by atoms with Crippen LogP contribution in [0.5, 0.6) is 0 Å². The van der Waals surface area contributed by atoms with Gasteiger partial charge in [0.05, 0.1) is 24.2 Å². The van der Waals surface area contributed by atoms with Crippen LogP contribution in [0.1, 0.15) is 37.6 Å². The number of aryl methyl sites for hydroxylation is 2. The third kappa shape index (κ3) is 3.20. The van der Waals surface area contributed by atoms with Crippen LogP contribution in [0.25, 0.3) is 33.2 Å². The van der Waals surface area contributed by atoms with Crippen molar-refractivity contribution in [3.63, 3.8) is 0 Å². The van der Waals surface area contributed by atoms with Crippen molar-refractivity contribution >= 4 is 21.8 Å². The van der Waals surface area contributed by atoms with Crippen molar-refractivity contribution in [3.05, 3.63) is 95.8 Å². The molecule has 0 saturated heterocycles. The number of hydrogen-bond donors (Lipinski definition) is 0. The standard InChI is InChI=1S/C29H31N3/c1-20-15-16-22-11-7-9-13-25(22)31(20)27-17-24(29(3,4)5)18-28(21(27)2)32-26-14-10-8-12-23(26)19-30(32)6/h7-19H,1-6H3/q+2. The first-order chi connectivity index (χ1) is 15.3. The van der Waals surface area contributed by atoms with E-state index in [1.54, 1.807) is 0 Å². The van der Waals surface area contributed by atoms with E-state index in [0.717, 1.165) is 0 Å². The minimum absolute atomic E-state index is 0.0256. The Kier molecular flexibility index (Phi) is 4.67. The van der Waals surface area contributed by atoms with Gasteiger partial charge in [0.2, 0.25) is 22.4 Å². The van der Waals surface area contributed by atoms with Crippen LogP contribution in [-0.4, -0.2) is 4.68 Å². The number of aromatic nitrogens is 3. The zero-order valence-electron chi connectivity index (χ0n) is 19.8. The van der Waals surface area contributed by atoms with Crippen molar-refractivity contribution in [3.8, 4) is 11.4 Å². The molecule has 0 saturated carbocycles. The maximum atomic E-state index is 2.41. The highest BCUT2D eigenvalue weighted by molar-refractivity contribution is 5.77. The predicted molar refractivity (Wildman–Crippen MR) is 132 cm³/mol. The normalized spacial score (nSPS) is 12.1. The van der Waals surface area contributed by atoms with Gasteiger partial charge in [0.15, 0.2) is 5.69 Å². The molecule has 32 heavy (non-hydrogen) atoms. The molecule has 0 aliphatic carbocycles. The molecule has 0 amide bonds. The summed E-state index contributed by atoms with van der Waals surface area (Å²) >= 11 is 0. The Balaban J connectivity index is 1.91. The third-order valence-corrected chi connectivity index (χ3v) is 6.53. The van der Waals surface area contributed by atoms with E-state index >= 15 is 0 Å². The Morgan fingerprint density at radius 3 is 2.06 bits per heavy atom. The Hall–Kier alpha value is -3.46. The van der Waals surface area contributed by atoms with E-state index in [9.17, 15) is 0 Å². The number of para-hydroxylation sites is 2. The lowest BCUT2D eigenvalue weighted by Crippen LogP contribution is -2.43. The maximum Gasteiger partial charge on any atom is 0.246 e. The summed E-state index contributed by atoms with van der Waals surface area (Å²) in [6, 6.07) is 26.4. The molecule has 0 unspecified atom stereocenters. The fourth-order valence-corrected chi connectivity index (χ4v) is 4.71. The molecule has 0 N–H and O–H groups in total. The Morgan fingerprint density at radius 1 is 0.719 bits per heavy atom. The largest absolute Gasteiger partial charge is 0.246 e. The highest BCUT2D eigenvalue weighted by atomic mass is 15.4. The van der Waals surface area contributed by atoms with E-state index < -0.39 is 0 Å². The molecule has 0 aliphatic rings. The number of rotatable bonds is 2. The van der Waals surface area contributed by atoms with E-state index in [2.05, 4.69) is 135 Å². The van der Waals surface area contributed by atoms with E-state index in [-0.39, 0.29) is 5.41 Å². The molecular formula is C29H31N3+2. The van der Waals surface area contributed by atoms with Gasteiger partial charge in [-0.25, -0.2) is 0 Å². The molecule has 2 aromatic heterocycles. The maximum absolute atomic E-state index is 2.41. The lowest BCUT2D eigenvalue weighted by Gasteiger charge is -2.20. The van der Waals surface area contributed by atoms with Gasteiger partial charge in [-0.3, -0.25) is 0 Å². The molecule has 0 atom stereocenters. The van der Waals surface area contributed by atoms with Crippen molar-refractivity contribution < 1.29 is 9.25 Å². The van der Waals surface area contributed by atoms with Crippen molar-refractivity contribution in [2.75, 3.05) is 0 Å². The molecule has 3 aromatic carbocycles. The Bertz CT molecular complexity index is 1480. The predicted octanol–water partition coefficient (Wildman–Crippen LogP) is 5.80. The molecule has 3 nitrogen and oxygen atoms in total. The SMILES string of the molecule is Cc1c(-[n+]2c(C)ccc3ccccc32)cc(C(C)(C)C)cc1-[n+]1c2ccccc2cn1C. The van der Waals surface area contributed by atoms with Crippen LogP contribution in [0, 0.1) is 13.8 Å². The van der Waals surface area contributed by atoms with E-state index in [1.165, 1.54) is 50.0 Å². The quantitative estimate of drug-likeness (QED) is 0.320. The molecule has 2 heterocycles. The molecule has 0 aliphatic heterocycles. The smallest absolute Gasteiger partial charge is 0.157 e. The van der Waals surface area contributed by atoms with Gasteiger partial charge in [0, 0.05) is 42.6 Å². The molecule has 5 rings (SSSR count). The first-order valence-corrected chi connectivity index (χ1v) is 11.3. The van der Waals surface area contributed by atoms with Gasteiger partial charge in [-0.15, -0.1) is 0 Å². The number of benzene rings is 3. The van der Waals surface area contributed by atoms with Gasteiger partial charge >= 0.3 is 0 Å². The summed E-state index contributed by atoms with van der Waals surface area (Å²) in [5.74, 6) is 0. The van der Waals surface area contributed by atoms with E-state index in [4.69, 9.17) is 0 Å². The summed E-state index contributed by atoms with van der Waals surface area (Å²) in [4.78, 5) is 0. The van der Waals surface area contributed by atoms with Gasteiger partial charge in [0.1, 0.15) is 0 Å². The first kappa shape index (κ1) is 20.4. The van der Waals surface area contributed by atoms with Gasteiger partial charge in [-0.05, 0) is 36.1 Å². The monoisotopic (exact) mass is 421 g/mol. The average molecular weight is 422 g/mol. The summed E-state index contributed by atoms with van der Waals surface area (Å²) in [6.07, 6.45) is 2.20. The van der Waals surface area contributed by atoms with Crippen LogP contribution in [0.15, 0.2) is 79.0 Å². The first-order valence-electron chi connectivity index (χ1n) is 11.3. The highest BCUT2D eigenvalue weighted by Gasteiger charge is 2.30. The number of pyridine rings is 1. The zero-order chi connectivity index (χ0) is 22.6. The van der Waals surface area contributed by atoms with E-state index in [0.29, 0.717) is 0 Å². The van der Waals surface area contributed by atoms with E-state index in [1.807, 2.05) is 0 Å². The fourth-order valence-electron chi connectivity index (χ4n) is 4.71. The lowest BCUT2D eigenvalue weighted by atomic mass is 9.85. The van der Waals surface area contributed by atoms with Crippen LogP contribution < -0.4 is 9.25 Å². The molecule has 3 heteroatoms. The van der Waals surface area contributed by atoms with Gasteiger partial charge in [-0.2, -0.15) is 9.25 Å². The molecule has 0 bridgehead atoms. The van der Waals surface area contributed by atoms with Crippen LogP contribution >= 0.6 is 0 Å². The van der Waals surface area contributed by atoms with Crippen molar-refractivity contribution in [2.24, 2.45) is 7.05 Å². The molecule has 0 radical (unpaired) electrons. The summed E-state index contributed by atoms with van der Waals surface area (Å²) in [5, 5.41) is 2.49. The molecule has 0 spiro atoms. The zero-order valence-corrected chi connectivity index (χ0v) is 19.8. The molecule has 5 aromatic rings. The average Bonchev–Trinajstić information content (AvgIpc) is 3.09. The number of fused-ring (bicyclic) bond motifs is 2. The number of nitrogens with zero attached hydrogens (tertiary/aromatic N) is 3. The molecular weight excluding hydrogens is 390 g/mol. The molecule has 0 fully saturated rings. The Labute approximate surface area is 190 Å². The third-order valence-electron chi connectivity index (χ3n) is 6.53. The van der Waals surface area contributed by atoms with Crippen molar-refractivity contribution in [2.45, 2.75) is 40.0 Å². The topological polar surface area (TPSA) is 12.7 Å². The van der Waals surface area contributed by atoms with Crippen LogP contribution in [0.2, 0.25) is 0 Å². The van der Waals surface area contributed by atoms with Gasteiger partial charge in [0.25, 0.3) is 0 Å². The van der Waals surface area contributed by atoms with Crippen molar-refractivity contribution in [1.29, 1.82) is 0 Å². The van der Waals surface area contributed by atoms with Crippen molar-refractivity contribution in [1.82, 2.24) is 4.68 Å². The lowest BCUT2D eigenvalue weighted by molar-refractivity contribution is -0.659. The van der Waals surface area contributed by atoms with Crippen LogP contribution in [0.3, 0.4) is 0 Å². The summed E-state index contributed by atoms with van der Waals surface area (Å²) in [5.41, 5.74) is 8.74. The summed E-state index contributed by atoms with van der Waals surface area (Å²) in [7, 11) is 2.12. The van der Waals surface area contributed by atoms with Gasteiger partial charge in [-0.1, -0.05) is 49.7 Å². The van der Waals surface area contributed by atoms with Crippen LogP contribution in [0.4, 0.5) is 0 Å². The fraction of sp³-hybridized carbons (Fsp3) is 0.241. The second kappa shape index (κ2) is 7.30. The van der Waals surface area contributed by atoms with Crippen LogP contribution in [-0.2, 0) is 12.5 Å². The minimum atomic E-state index is 0.0256. The Morgan fingerprint density at radius 2 is 1.34 bits per heavy atom. The summed E-state index contributed by atoms with van der Waals surface area (Å²) in [6.45, 7) is 11.3. The highest BCUT2D eigenvalue weighted by Crippen LogP contribution is 2.29. The summed E-state index contributed by atoms with van der Waals surface area (Å²) < 4.78 is 6.95. The minimum Gasteiger partial charge on any atom is -0.157 e. The second-order valence-electron chi connectivity index (χ2n) is 9.83. The molecule has 160 valence electrons. The van der Waals surface area contributed by atoms with Gasteiger partial charge < -0.3 is 0 Å². The number of hydrogen-bond acceptors (Lipinski definition) is 0.